The molecule has 34 heavy (non-hydrogen) atoms. The van der Waals surface area contributed by atoms with Gasteiger partial charge in [-0.1, -0.05) is 18.2 Å². The van der Waals surface area contributed by atoms with E-state index in [0.717, 1.165) is 40.7 Å². The summed E-state index contributed by atoms with van der Waals surface area (Å²) in [6.45, 7) is 1.57. The van der Waals surface area contributed by atoms with Gasteiger partial charge in [0.25, 0.3) is 11.8 Å². The van der Waals surface area contributed by atoms with Gasteiger partial charge in [-0.2, -0.15) is 0 Å². The number of para-hydroxylation sites is 1. The van der Waals surface area contributed by atoms with Crippen LogP contribution >= 0.6 is 15.9 Å². The van der Waals surface area contributed by atoms with E-state index in [2.05, 4.69) is 26.6 Å². The van der Waals surface area contributed by atoms with Crippen molar-refractivity contribution in [1.29, 1.82) is 0 Å². The number of methoxy groups -OCH3 is 3. The quantitative estimate of drug-likeness (QED) is 0.434. The Labute approximate surface area is 206 Å². The van der Waals surface area contributed by atoms with Crippen LogP contribution in [0.3, 0.4) is 0 Å². The molecule has 3 heterocycles. The molecule has 0 radical (unpaired) electrons. The van der Waals surface area contributed by atoms with E-state index in [4.69, 9.17) is 14.2 Å². The molecule has 0 spiro atoms. The molecule has 0 saturated heterocycles. The van der Waals surface area contributed by atoms with Gasteiger partial charge in [0.2, 0.25) is 0 Å². The molecular weight excluding hydrogens is 500 g/mol. The Balaban J connectivity index is 1.55. The first-order valence-corrected chi connectivity index (χ1v) is 11.8. The van der Waals surface area contributed by atoms with Crippen molar-refractivity contribution in [3.63, 3.8) is 0 Å². The number of imide groups is 1. The number of halogens is 1. The predicted octanol–water partition coefficient (Wildman–Crippen LogP) is 4.15. The fraction of sp³-hybridized carbons (Fsp3) is 0.308. The van der Waals surface area contributed by atoms with Crippen LogP contribution in [0.25, 0.3) is 16.5 Å². The maximum Gasteiger partial charge on any atom is 0.268 e. The molecule has 0 unspecified atom stereocenters. The highest BCUT2D eigenvalue weighted by Crippen LogP contribution is 2.43. The lowest BCUT2D eigenvalue weighted by Gasteiger charge is -2.17. The SMILES string of the molecule is COC[C@H]1Cc2c(C3=C(Br)C(=O)N(Cc4ccc(OC)cc4OC)C3=O)c3ccccc3n2C1. The summed E-state index contributed by atoms with van der Waals surface area (Å²) in [6.07, 6.45) is 0.787. The van der Waals surface area contributed by atoms with Crippen molar-refractivity contribution in [2.75, 3.05) is 27.9 Å². The molecule has 2 aliphatic heterocycles. The zero-order valence-electron chi connectivity index (χ0n) is 19.3. The molecule has 8 heteroatoms. The molecule has 0 aliphatic carbocycles. The molecule has 0 N–H and O–H groups in total. The Morgan fingerprint density at radius 3 is 2.56 bits per heavy atom. The Bertz CT molecular complexity index is 1340. The first-order valence-electron chi connectivity index (χ1n) is 11.0. The van der Waals surface area contributed by atoms with Crippen LogP contribution in [0.1, 0.15) is 16.8 Å². The number of nitrogens with zero attached hydrogens (tertiary/aromatic N) is 2. The average Bonchev–Trinajstić information content (AvgIpc) is 3.45. The smallest absolute Gasteiger partial charge is 0.268 e. The molecule has 176 valence electrons. The Morgan fingerprint density at radius 2 is 1.82 bits per heavy atom. The summed E-state index contributed by atoms with van der Waals surface area (Å²) in [5.74, 6) is 0.857. The fourth-order valence-corrected chi connectivity index (χ4v) is 5.64. The minimum absolute atomic E-state index is 0.101. The van der Waals surface area contributed by atoms with Crippen molar-refractivity contribution in [3.05, 3.63) is 63.8 Å². The molecule has 1 aromatic heterocycles. The van der Waals surface area contributed by atoms with Crippen LogP contribution in [-0.2, 0) is 33.8 Å². The van der Waals surface area contributed by atoms with Crippen molar-refractivity contribution in [3.8, 4) is 11.5 Å². The monoisotopic (exact) mass is 524 g/mol. The topological polar surface area (TPSA) is 70.0 Å². The fourth-order valence-electron chi connectivity index (χ4n) is 5.06. The number of carbonyl (C=O) groups is 2. The molecule has 7 nitrogen and oxygen atoms in total. The summed E-state index contributed by atoms with van der Waals surface area (Å²) < 4.78 is 18.7. The molecule has 0 fully saturated rings. The molecule has 2 aromatic carbocycles. The van der Waals surface area contributed by atoms with E-state index in [1.165, 1.54) is 4.90 Å². The summed E-state index contributed by atoms with van der Waals surface area (Å²) in [7, 11) is 4.84. The minimum atomic E-state index is -0.353. The van der Waals surface area contributed by atoms with Gasteiger partial charge in [-0.3, -0.25) is 14.5 Å². The van der Waals surface area contributed by atoms with E-state index in [1.807, 2.05) is 24.3 Å². The number of rotatable bonds is 7. The maximum absolute atomic E-state index is 13.7. The standard InChI is InChI=1S/C26H25BrN2O5/c1-32-14-15-10-20-22(18-6-4-5-7-19(18)28(20)12-15)23-24(27)26(31)29(25(23)30)13-16-8-9-17(33-2)11-21(16)34-3/h4-9,11,15H,10,12-14H2,1-3H3/t15-/m0/s1. The van der Waals surface area contributed by atoms with Crippen LogP contribution in [0.2, 0.25) is 0 Å². The van der Waals surface area contributed by atoms with E-state index < -0.39 is 0 Å². The Hall–Kier alpha value is -3.10. The second kappa shape index (κ2) is 8.92. The van der Waals surface area contributed by atoms with Crippen LogP contribution in [0.5, 0.6) is 11.5 Å². The van der Waals surface area contributed by atoms with Gasteiger partial charge in [-0.15, -0.1) is 0 Å². The lowest BCUT2D eigenvalue weighted by Crippen LogP contribution is -2.31. The van der Waals surface area contributed by atoms with Gasteiger partial charge in [-0.05, 0) is 40.5 Å². The van der Waals surface area contributed by atoms with Gasteiger partial charge >= 0.3 is 0 Å². The Kier molecular flexibility index (Phi) is 5.95. The zero-order valence-corrected chi connectivity index (χ0v) is 20.8. The van der Waals surface area contributed by atoms with Crippen molar-refractivity contribution in [2.45, 2.75) is 19.5 Å². The van der Waals surface area contributed by atoms with Crippen molar-refractivity contribution < 1.29 is 23.8 Å². The lowest BCUT2D eigenvalue weighted by atomic mass is 9.97. The number of benzene rings is 2. The van der Waals surface area contributed by atoms with Crippen LogP contribution in [0.4, 0.5) is 0 Å². The summed E-state index contributed by atoms with van der Waals surface area (Å²) in [5, 5.41) is 0.977. The van der Waals surface area contributed by atoms with Gasteiger partial charge in [0.05, 0.1) is 37.4 Å². The number of fused-ring (bicyclic) bond motifs is 3. The number of hydrogen-bond acceptors (Lipinski definition) is 5. The first-order chi connectivity index (χ1) is 16.5. The largest absolute Gasteiger partial charge is 0.497 e. The third kappa shape index (κ3) is 3.52. The summed E-state index contributed by atoms with van der Waals surface area (Å²) in [6, 6.07) is 13.4. The summed E-state index contributed by atoms with van der Waals surface area (Å²) in [5.41, 5.74) is 4.11. The van der Waals surface area contributed by atoms with E-state index in [0.29, 0.717) is 34.1 Å². The molecule has 2 aliphatic rings. The number of carbonyl (C=O) groups excluding carboxylic acids is 2. The van der Waals surface area contributed by atoms with Gasteiger partial charge in [0, 0.05) is 53.4 Å². The van der Waals surface area contributed by atoms with Crippen LogP contribution in [-0.4, -0.2) is 49.2 Å². The summed E-state index contributed by atoms with van der Waals surface area (Å²) >= 11 is 3.47. The highest BCUT2D eigenvalue weighted by atomic mass is 79.9. The average molecular weight is 525 g/mol. The van der Waals surface area contributed by atoms with Crippen LogP contribution in [0.15, 0.2) is 46.9 Å². The van der Waals surface area contributed by atoms with Crippen molar-refractivity contribution >= 4 is 44.2 Å². The van der Waals surface area contributed by atoms with Gasteiger partial charge in [-0.25, -0.2) is 0 Å². The summed E-state index contributed by atoms with van der Waals surface area (Å²) in [4.78, 5) is 28.2. The third-order valence-corrected chi connectivity index (χ3v) is 7.32. The van der Waals surface area contributed by atoms with E-state index in [1.54, 1.807) is 33.5 Å². The highest BCUT2D eigenvalue weighted by Gasteiger charge is 2.41. The molecule has 0 saturated carbocycles. The number of amides is 2. The highest BCUT2D eigenvalue weighted by molar-refractivity contribution is 9.12. The molecule has 0 bridgehead atoms. The molecular formula is C26H25BrN2O5. The first kappa shape index (κ1) is 22.7. The third-order valence-electron chi connectivity index (χ3n) is 6.59. The van der Waals surface area contributed by atoms with Crippen molar-refractivity contribution in [2.24, 2.45) is 5.92 Å². The number of ether oxygens (including phenoxy) is 3. The normalized spacial score (nSPS) is 17.8. The second-order valence-electron chi connectivity index (χ2n) is 8.54. The van der Waals surface area contributed by atoms with Gasteiger partial charge in [0.1, 0.15) is 11.5 Å². The Morgan fingerprint density at radius 1 is 1.03 bits per heavy atom. The van der Waals surface area contributed by atoms with Crippen LogP contribution in [0, 0.1) is 5.92 Å². The number of aromatic nitrogens is 1. The van der Waals surface area contributed by atoms with Crippen LogP contribution < -0.4 is 9.47 Å². The molecule has 1 atom stereocenters. The van der Waals surface area contributed by atoms with Gasteiger partial charge < -0.3 is 18.8 Å². The predicted molar refractivity (Wildman–Crippen MR) is 132 cm³/mol. The molecule has 5 rings (SSSR count). The maximum atomic E-state index is 13.7. The number of hydrogen-bond donors (Lipinski definition) is 0. The molecule has 2 amide bonds. The zero-order chi connectivity index (χ0) is 24.0. The van der Waals surface area contributed by atoms with Crippen molar-refractivity contribution in [1.82, 2.24) is 9.47 Å². The second-order valence-corrected chi connectivity index (χ2v) is 9.33. The van der Waals surface area contributed by atoms with Gasteiger partial charge in [0.15, 0.2) is 0 Å². The lowest BCUT2D eigenvalue weighted by molar-refractivity contribution is -0.137. The molecule has 3 aromatic rings. The van der Waals surface area contributed by atoms with E-state index in [-0.39, 0.29) is 18.4 Å². The van der Waals surface area contributed by atoms with E-state index >= 15 is 0 Å². The van der Waals surface area contributed by atoms with E-state index in [9.17, 15) is 9.59 Å². The minimum Gasteiger partial charge on any atom is -0.497 e.